The normalized spacial score (nSPS) is 14.2. The van der Waals surface area contributed by atoms with E-state index in [4.69, 9.17) is 24.9 Å². The SMILES string of the molecule is c1ccc(C2=NC(c3ccccc3)NC(c3cc(-c4ccc5c(c4)-c4c(-c6ccc(-c7nc(-c8ccccc8)nc(-c8cc(-c9ccc%10c(c9)-c9ccccc9C%10(c9ccccc9)c9ccccc9)c9c%10ccccc%10n(-c%10ccccc%10)c9c8)n7)cc6)cccc4C54c5ccccc5-c5ccccc54)c4c5ccccc5n(-c5ccccc5)c4c3)=N2)cc1. The molecular formula is C116H74N8. The highest BCUT2D eigenvalue weighted by Gasteiger charge is 2.53. The van der Waals surface area contributed by atoms with Crippen molar-refractivity contribution >= 4 is 55.3 Å². The summed E-state index contributed by atoms with van der Waals surface area (Å²) in [6.07, 6.45) is -0.399. The summed E-state index contributed by atoms with van der Waals surface area (Å²) in [6, 6.07) is 160. The van der Waals surface area contributed by atoms with Crippen molar-refractivity contribution in [2.75, 3.05) is 0 Å². The van der Waals surface area contributed by atoms with Gasteiger partial charge in [0.05, 0.1) is 32.9 Å². The second-order valence-corrected chi connectivity index (χ2v) is 32.8. The van der Waals surface area contributed by atoms with E-state index in [0.717, 1.165) is 128 Å². The molecule has 8 nitrogen and oxygen atoms in total. The quantitative estimate of drug-likeness (QED) is 0.125. The van der Waals surface area contributed by atoms with E-state index in [0.29, 0.717) is 23.3 Å². The molecule has 1 aliphatic heterocycles. The zero-order chi connectivity index (χ0) is 81.6. The molecular weight excluding hydrogens is 1510 g/mol. The van der Waals surface area contributed by atoms with Gasteiger partial charge in [-0.15, -0.1) is 0 Å². The average molecular weight is 1580 g/mol. The fourth-order valence-electron chi connectivity index (χ4n) is 21.1. The summed E-state index contributed by atoms with van der Waals surface area (Å²) in [6.45, 7) is 0. The van der Waals surface area contributed by atoms with Crippen LogP contribution in [0.15, 0.2) is 447 Å². The Bertz CT molecular complexity index is 7890. The molecule has 0 saturated heterocycles. The van der Waals surface area contributed by atoms with E-state index in [1.807, 2.05) is 12.1 Å². The fraction of sp³-hybridized carbons (Fsp3) is 0.0259. The number of aliphatic imine (C=N–C) groups is 2. The number of nitrogens with zero attached hydrogens (tertiary/aromatic N) is 7. The zero-order valence-corrected chi connectivity index (χ0v) is 67.3. The van der Waals surface area contributed by atoms with Crippen molar-refractivity contribution in [1.29, 1.82) is 0 Å². The molecule has 0 saturated carbocycles. The minimum absolute atomic E-state index is 0.399. The Kier molecular flexibility index (Phi) is 16.1. The van der Waals surface area contributed by atoms with Gasteiger partial charge in [0.2, 0.25) is 0 Å². The van der Waals surface area contributed by atoms with Crippen LogP contribution in [0.3, 0.4) is 0 Å². The first kappa shape index (κ1) is 70.7. The molecule has 3 aliphatic carbocycles. The molecule has 1 atom stereocenters. The number of fused-ring (bicyclic) bond motifs is 19. The van der Waals surface area contributed by atoms with Crippen LogP contribution in [0.5, 0.6) is 0 Å². The van der Waals surface area contributed by atoms with Crippen molar-refractivity contribution in [2.45, 2.75) is 17.0 Å². The monoisotopic (exact) mass is 1580 g/mol. The third kappa shape index (κ3) is 10.7. The molecule has 25 rings (SSSR count). The van der Waals surface area contributed by atoms with Crippen LogP contribution in [0.1, 0.15) is 67.4 Å². The van der Waals surface area contributed by atoms with Crippen LogP contribution in [0.4, 0.5) is 0 Å². The first-order chi connectivity index (χ1) is 61.5. The first-order valence-corrected chi connectivity index (χ1v) is 42.6. The molecule has 1 N–H and O–H groups in total. The fourth-order valence-corrected chi connectivity index (χ4v) is 21.1. The lowest BCUT2D eigenvalue weighted by Crippen LogP contribution is -2.33. The van der Waals surface area contributed by atoms with E-state index in [2.05, 4.69) is 439 Å². The Balaban J connectivity index is 0.676. The van der Waals surface area contributed by atoms with E-state index in [1.165, 1.54) is 77.9 Å². The predicted octanol–water partition coefficient (Wildman–Crippen LogP) is 27.3. The highest BCUT2D eigenvalue weighted by atomic mass is 15.2. The van der Waals surface area contributed by atoms with Gasteiger partial charge in [0.1, 0.15) is 12.0 Å². The smallest absolute Gasteiger partial charge is 0.164 e. The summed E-state index contributed by atoms with van der Waals surface area (Å²) in [5.74, 6) is 3.11. The van der Waals surface area contributed by atoms with Crippen molar-refractivity contribution in [2.24, 2.45) is 9.98 Å². The predicted molar refractivity (Wildman–Crippen MR) is 507 cm³/mol. The summed E-state index contributed by atoms with van der Waals surface area (Å²) in [5, 5.41) is 8.47. The highest BCUT2D eigenvalue weighted by molar-refractivity contribution is 6.21. The number of rotatable bonds is 13. The third-order valence-corrected chi connectivity index (χ3v) is 26.3. The molecule has 1 spiro atoms. The maximum Gasteiger partial charge on any atom is 0.164 e. The van der Waals surface area contributed by atoms with Gasteiger partial charge in [0.15, 0.2) is 23.3 Å². The molecule has 4 aliphatic rings. The van der Waals surface area contributed by atoms with Crippen LogP contribution in [0.2, 0.25) is 0 Å². The van der Waals surface area contributed by atoms with Gasteiger partial charge in [-0.1, -0.05) is 364 Å². The number of benzene rings is 18. The van der Waals surface area contributed by atoms with Gasteiger partial charge >= 0.3 is 0 Å². The van der Waals surface area contributed by atoms with Crippen molar-refractivity contribution in [3.8, 4) is 112 Å². The Labute approximate surface area is 717 Å². The molecule has 1 unspecified atom stereocenters. The molecule has 0 fully saturated rings. The minimum Gasteiger partial charge on any atom is -0.344 e. The van der Waals surface area contributed by atoms with Crippen LogP contribution >= 0.6 is 0 Å². The third-order valence-electron chi connectivity index (χ3n) is 26.3. The zero-order valence-electron chi connectivity index (χ0n) is 67.3. The molecule has 578 valence electrons. The number of para-hydroxylation sites is 4. The summed E-state index contributed by atoms with van der Waals surface area (Å²) in [7, 11) is 0. The van der Waals surface area contributed by atoms with E-state index >= 15 is 0 Å². The van der Waals surface area contributed by atoms with Crippen molar-refractivity contribution in [3.05, 3.63) is 498 Å². The number of amidine groups is 2. The maximum absolute atomic E-state index is 5.67. The van der Waals surface area contributed by atoms with E-state index < -0.39 is 17.0 Å². The van der Waals surface area contributed by atoms with Crippen molar-refractivity contribution < 1.29 is 0 Å². The van der Waals surface area contributed by atoms with Crippen molar-refractivity contribution in [1.82, 2.24) is 29.4 Å². The second-order valence-electron chi connectivity index (χ2n) is 32.8. The molecule has 8 heteroatoms. The lowest BCUT2D eigenvalue weighted by molar-refractivity contribution is 0.674. The van der Waals surface area contributed by atoms with Crippen LogP contribution in [-0.2, 0) is 10.8 Å². The summed E-state index contributed by atoms with van der Waals surface area (Å²) in [4.78, 5) is 27.5. The molecule has 18 aromatic carbocycles. The van der Waals surface area contributed by atoms with E-state index in [1.54, 1.807) is 0 Å². The van der Waals surface area contributed by atoms with Gasteiger partial charge in [-0.2, -0.15) is 0 Å². The van der Waals surface area contributed by atoms with Gasteiger partial charge in [-0.05, 0) is 190 Å². The second kappa shape index (κ2) is 28.2. The Morgan fingerprint density at radius 2 is 0.621 bits per heavy atom. The summed E-state index contributed by atoms with van der Waals surface area (Å²) in [5.41, 5.74) is 34.6. The lowest BCUT2D eigenvalue weighted by Gasteiger charge is -2.33. The topological polar surface area (TPSA) is 85.3 Å². The molecule has 0 amide bonds. The van der Waals surface area contributed by atoms with Crippen LogP contribution < -0.4 is 5.32 Å². The summed E-state index contributed by atoms with van der Waals surface area (Å²) >= 11 is 0. The molecule has 4 heterocycles. The number of hydrogen-bond donors (Lipinski definition) is 1. The minimum atomic E-state index is -0.650. The number of hydrogen-bond acceptors (Lipinski definition) is 6. The first-order valence-electron chi connectivity index (χ1n) is 42.6. The highest BCUT2D eigenvalue weighted by Crippen LogP contribution is 2.65. The van der Waals surface area contributed by atoms with E-state index in [-0.39, 0.29) is 0 Å². The van der Waals surface area contributed by atoms with Gasteiger partial charge in [-0.3, -0.25) is 0 Å². The Morgan fingerprint density at radius 3 is 1.18 bits per heavy atom. The molecule has 21 aromatic rings. The maximum atomic E-state index is 5.67. The van der Waals surface area contributed by atoms with Gasteiger partial charge in [-0.25, -0.2) is 24.9 Å². The molecule has 124 heavy (non-hydrogen) atoms. The average Bonchev–Trinajstić information content (AvgIpc) is 1.50. The number of aromatic nitrogens is 5. The Morgan fingerprint density at radius 1 is 0.242 bits per heavy atom. The standard InChI is InChI=1S/C116H74N8/c1-8-33-74(34-9-1)109-117-110(75-35-10-2-11-36-75)120-113(119-109)81-70-93(108-91-51-26-31-58-103(91)124(105(108)72-81)85-45-20-7-21-46-85)79-64-66-100-95(68-79)106-86(52-32-56-101(106)116(100)97-54-28-22-47-87(97)88-48-23-29-55-98(88)116)73-59-61-77(62-60-73)112-118-111(76-37-12-3-13-38-76)121-114(122-112)80-69-92(107-90-50-25-30-57-102(90)123(104(107)71-80)84-43-18-6-19-44-84)78-63-65-99-94(67-78)89-49-24-27-53-96(89)115(99,82-39-14-4-15-40-82)83-41-16-5-17-42-83/h1-72,109H,(H,117,119,120). The molecule has 0 bridgehead atoms. The van der Waals surface area contributed by atoms with Gasteiger partial charge in [0.25, 0.3) is 0 Å². The Hall–Kier alpha value is -16.3. The van der Waals surface area contributed by atoms with Crippen LogP contribution in [-0.4, -0.2) is 35.8 Å². The molecule has 3 aromatic heterocycles. The van der Waals surface area contributed by atoms with Crippen LogP contribution in [0, 0.1) is 0 Å². The number of nitrogens with one attached hydrogen (secondary N) is 1. The lowest BCUT2D eigenvalue weighted by atomic mass is 9.67. The van der Waals surface area contributed by atoms with Gasteiger partial charge in [0, 0.05) is 60.7 Å². The molecule has 0 radical (unpaired) electrons. The van der Waals surface area contributed by atoms with Crippen molar-refractivity contribution in [3.63, 3.8) is 0 Å². The van der Waals surface area contributed by atoms with Gasteiger partial charge < -0.3 is 14.5 Å². The van der Waals surface area contributed by atoms with Crippen LogP contribution in [0.25, 0.3) is 156 Å². The summed E-state index contributed by atoms with van der Waals surface area (Å²) < 4.78 is 4.83. The largest absolute Gasteiger partial charge is 0.344 e. The van der Waals surface area contributed by atoms with E-state index in [9.17, 15) is 0 Å².